The van der Waals surface area contributed by atoms with E-state index in [9.17, 15) is 9.90 Å². The van der Waals surface area contributed by atoms with Gasteiger partial charge in [0.1, 0.15) is 0 Å². The second kappa shape index (κ2) is 8.16. The van der Waals surface area contributed by atoms with Crippen LogP contribution in [0.15, 0.2) is 24.4 Å². The number of ether oxygens (including phenoxy) is 3. The van der Waals surface area contributed by atoms with Gasteiger partial charge in [0.25, 0.3) is 0 Å². The SMILES string of the molecule is COc1cc2c(cn1)c1cc(OC)c(OCCCN3CCCC3)cc1n2C(=O)O. The Bertz CT molecular complexity index is 1040. The lowest BCUT2D eigenvalue weighted by Gasteiger charge is -2.15. The molecular formula is C21H25N3O5. The summed E-state index contributed by atoms with van der Waals surface area (Å²) in [5, 5.41) is 11.3. The average molecular weight is 399 g/mol. The van der Waals surface area contributed by atoms with Crippen LogP contribution in [0.4, 0.5) is 4.79 Å². The van der Waals surface area contributed by atoms with Crippen molar-refractivity contribution in [3.63, 3.8) is 0 Å². The van der Waals surface area contributed by atoms with E-state index >= 15 is 0 Å². The largest absolute Gasteiger partial charge is 0.493 e. The Morgan fingerprint density at radius 2 is 1.83 bits per heavy atom. The highest BCUT2D eigenvalue weighted by Gasteiger charge is 2.20. The molecule has 0 radical (unpaired) electrons. The molecule has 8 nitrogen and oxygen atoms in total. The zero-order valence-corrected chi connectivity index (χ0v) is 16.7. The zero-order chi connectivity index (χ0) is 20.4. The molecule has 0 aliphatic carbocycles. The maximum absolute atomic E-state index is 12.0. The van der Waals surface area contributed by atoms with Gasteiger partial charge in [-0.15, -0.1) is 0 Å². The van der Waals surface area contributed by atoms with E-state index in [4.69, 9.17) is 14.2 Å². The van der Waals surface area contributed by atoms with Crippen LogP contribution in [-0.2, 0) is 0 Å². The number of likely N-dealkylation sites (tertiary alicyclic amines) is 1. The van der Waals surface area contributed by atoms with Gasteiger partial charge in [0, 0.05) is 35.6 Å². The minimum Gasteiger partial charge on any atom is -0.493 e. The Morgan fingerprint density at radius 3 is 2.52 bits per heavy atom. The summed E-state index contributed by atoms with van der Waals surface area (Å²) in [7, 11) is 3.08. The van der Waals surface area contributed by atoms with Gasteiger partial charge >= 0.3 is 6.09 Å². The first-order valence-corrected chi connectivity index (χ1v) is 9.77. The molecule has 0 unspecified atom stereocenters. The van der Waals surface area contributed by atoms with Gasteiger partial charge in [0.2, 0.25) is 5.88 Å². The monoisotopic (exact) mass is 399 g/mol. The lowest BCUT2D eigenvalue weighted by atomic mass is 10.2. The fourth-order valence-corrected chi connectivity index (χ4v) is 3.97. The fraction of sp³-hybridized carbons (Fsp3) is 0.429. The number of hydrogen-bond acceptors (Lipinski definition) is 6. The summed E-state index contributed by atoms with van der Waals surface area (Å²) >= 11 is 0. The molecule has 3 aromatic rings. The molecule has 1 saturated heterocycles. The number of fused-ring (bicyclic) bond motifs is 3. The van der Waals surface area contributed by atoms with Crippen LogP contribution in [-0.4, -0.2) is 66.1 Å². The van der Waals surface area contributed by atoms with Gasteiger partial charge in [-0.25, -0.2) is 14.3 Å². The Balaban J connectivity index is 1.68. The van der Waals surface area contributed by atoms with Crippen LogP contribution >= 0.6 is 0 Å². The number of benzene rings is 1. The van der Waals surface area contributed by atoms with Crippen LogP contribution in [0.1, 0.15) is 19.3 Å². The molecule has 0 spiro atoms. The molecule has 8 heteroatoms. The maximum Gasteiger partial charge on any atom is 0.416 e. The minimum absolute atomic E-state index is 0.355. The lowest BCUT2D eigenvalue weighted by molar-refractivity contribution is 0.198. The van der Waals surface area contributed by atoms with Crippen LogP contribution in [0.25, 0.3) is 21.8 Å². The fourth-order valence-electron chi connectivity index (χ4n) is 3.97. The first kappa shape index (κ1) is 19.3. The summed E-state index contributed by atoms with van der Waals surface area (Å²) in [6.45, 7) is 3.86. The van der Waals surface area contributed by atoms with Crippen molar-refractivity contribution in [2.75, 3.05) is 40.5 Å². The smallest absolute Gasteiger partial charge is 0.416 e. The van der Waals surface area contributed by atoms with Crippen LogP contribution in [0.2, 0.25) is 0 Å². The summed E-state index contributed by atoms with van der Waals surface area (Å²) in [4.78, 5) is 18.6. The van der Waals surface area contributed by atoms with Gasteiger partial charge in [-0.05, 0) is 38.4 Å². The highest BCUT2D eigenvalue weighted by molar-refractivity contribution is 6.13. The van der Waals surface area contributed by atoms with Crippen molar-refractivity contribution in [1.82, 2.24) is 14.5 Å². The standard InChI is InChI=1S/C21H25N3O5/c1-27-18-10-14-15-13-22-20(28-2)12-17(15)24(21(25)26)16(14)11-19(18)29-9-5-8-23-6-3-4-7-23/h10-13H,3-9H2,1-2H3,(H,25,26). The van der Waals surface area contributed by atoms with Crippen molar-refractivity contribution >= 4 is 27.9 Å². The molecule has 3 heterocycles. The molecule has 29 heavy (non-hydrogen) atoms. The molecule has 1 fully saturated rings. The number of carbonyl (C=O) groups is 1. The third-order valence-electron chi connectivity index (χ3n) is 5.39. The Hall–Kier alpha value is -3.00. The topological polar surface area (TPSA) is 86.0 Å². The lowest BCUT2D eigenvalue weighted by Crippen LogP contribution is -2.21. The van der Waals surface area contributed by atoms with E-state index in [2.05, 4.69) is 9.88 Å². The number of carboxylic acid groups (broad SMARTS) is 1. The Kier molecular flexibility index (Phi) is 5.44. The highest BCUT2D eigenvalue weighted by atomic mass is 16.5. The molecule has 1 aliphatic rings. The van der Waals surface area contributed by atoms with Crippen LogP contribution in [0.5, 0.6) is 17.4 Å². The number of aromatic nitrogens is 2. The predicted octanol–water partition coefficient (Wildman–Crippen LogP) is 3.60. The number of methoxy groups -OCH3 is 2. The summed E-state index contributed by atoms with van der Waals surface area (Å²) in [6, 6.07) is 5.15. The average Bonchev–Trinajstić information content (AvgIpc) is 3.35. The second-order valence-electron chi connectivity index (χ2n) is 7.13. The molecule has 0 amide bonds. The molecule has 154 valence electrons. The van der Waals surface area contributed by atoms with Crippen molar-refractivity contribution in [3.8, 4) is 17.4 Å². The molecule has 0 bridgehead atoms. The minimum atomic E-state index is -1.08. The summed E-state index contributed by atoms with van der Waals surface area (Å²) in [5.74, 6) is 1.46. The van der Waals surface area contributed by atoms with Gasteiger partial charge in [-0.2, -0.15) is 0 Å². The quantitative estimate of drug-likeness (QED) is 0.608. The maximum atomic E-state index is 12.0. The first-order chi connectivity index (χ1) is 14.1. The van der Waals surface area contributed by atoms with Crippen LogP contribution < -0.4 is 14.2 Å². The number of nitrogens with zero attached hydrogens (tertiary/aromatic N) is 3. The van der Waals surface area contributed by atoms with E-state index in [1.165, 1.54) is 24.5 Å². The van der Waals surface area contributed by atoms with E-state index in [1.54, 1.807) is 31.5 Å². The van der Waals surface area contributed by atoms with Crippen molar-refractivity contribution in [2.45, 2.75) is 19.3 Å². The number of rotatable bonds is 7. The summed E-state index contributed by atoms with van der Waals surface area (Å²) < 4.78 is 17.9. The summed E-state index contributed by atoms with van der Waals surface area (Å²) in [6.07, 6.45) is 3.98. The molecule has 0 atom stereocenters. The van der Waals surface area contributed by atoms with Crippen LogP contribution in [0, 0.1) is 0 Å². The molecular weight excluding hydrogens is 374 g/mol. The van der Waals surface area contributed by atoms with Gasteiger partial charge in [-0.1, -0.05) is 0 Å². The Morgan fingerprint density at radius 1 is 1.07 bits per heavy atom. The normalized spacial score (nSPS) is 14.6. The van der Waals surface area contributed by atoms with Crippen LogP contribution in [0.3, 0.4) is 0 Å². The zero-order valence-electron chi connectivity index (χ0n) is 16.7. The summed E-state index contributed by atoms with van der Waals surface area (Å²) in [5.41, 5.74) is 1.03. The van der Waals surface area contributed by atoms with Gasteiger partial charge in [0.05, 0.1) is 31.9 Å². The first-order valence-electron chi connectivity index (χ1n) is 9.77. The van der Waals surface area contributed by atoms with Gasteiger partial charge in [-0.3, -0.25) is 0 Å². The number of pyridine rings is 1. The Labute approximate surface area is 168 Å². The highest BCUT2D eigenvalue weighted by Crippen LogP contribution is 2.38. The van der Waals surface area contributed by atoms with Crippen molar-refractivity contribution in [1.29, 1.82) is 0 Å². The van der Waals surface area contributed by atoms with Crippen molar-refractivity contribution < 1.29 is 24.1 Å². The third-order valence-corrected chi connectivity index (χ3v) is 5.39. The van der Waals surface area contributed by atoms with E-state index < -0.39 is 6.09 Å². The van der Waals surface area contributed by atoms with Crippen molar-refractivity contribution in [2.24, 2.45) is 0 Å². The molecule has 0 saturated carbocycles. The molecule has 1 aliphatic heterocycles. The van der Waals surface area contributed by atoms with Crippen molar-refractivity contribution in [3.05, 3.63) is 24.4 Å². The molecule has 1 aromatic carbocycles. The van der Waals surface area contributed by atoms with E-state index in [1.807, 2.05) is 0 Å². The van der Waals surface area contributed by atoms with E-state index in [-0.39, 0.29) is 0 Å². The molecule has 2 aromatic heterocycles. The third kappa shape index (κ3) is 3.67. The second-order valence-corrected chi connectivity index (χ2v) is 7.13. The molecule has 1 N–H and O–H groups in total. The van der Waals surface area contributed by atoms with Gasteiger partial charge < -0.3 is 24.2 Å². The predicted molar refractivity (Wildman–Crippen MR) is 110 cm³/mol. The van der Waals surface area contributed by atoms with Gasteiger partial charge in [0.15, 0.2) is 11.5 Å². The number of hydrogen-bond donors (Lipinski definition) is 1. The van der Waals surface area contributed by atoms with E-state index in [0.29, 0.717) is 40.4 Å². The molecule has 4 rings (SSSR count). The van der Waals surface area contributed by atoms with E-state index in [0.717, 1.165) is 31.4 Å².